The second-order valence-electron chi connectivity index (χ2n) is 4.18. The fraction of sp³-hybridized carbons (Fsp3) is 0.333. The third-order valence-corrected chi connectivity index (χ3v) is 2.90. The molecule has 0 radical (unpaired) electrons. The number of nitrogens with two attached hydrogens (primary N) is 1. The Kier molecular flexibility index (Phi) is 2.55. The number of carbonyl (C=O) groups is 1. The number of fused-ring (bicyclic) bond motifs is 1. The average molecular weight is 247 g/mol. The van der Waals surface area contributed by atoms with E-state index in [2.05, 4.69) is 10.3 Å². The van der Waals surface area contributed by atoms with E-state index in [-0.39, 0.29) is 11.9 Å². The normalized spacial score (nSPS) is 22.1. The fourth-order valence-corrected chi connectivity index (χ4v) is 2.03. The zero-order valence-electron chi connectivity index (χ0n) is 9.68. The summed E-state index contributed by atoms with van der Waals surface area (Å²) in [6, 6.07) is 4.72. The summed E-state index contributed by atoms with van der Waals surface area (Å²) < 4.78 is 11.1. The summed E-state index contributed by atoms with van der Waals surface area (Å²) in [6.07, 6.45) is 0.855. The number of hydrogen-bond acceptors (Lipinski definition) is 4. The minimum absolute atomic E-state index is 0.273. The van der Waals surface area contributed by atoms with Crippen LogP contribution in [0.15, 0.2) is 23.2 Å². The summed E-state index contributed by atoms with van der Waals surface area (Å²) >= 11 is 0. The van der Waals surface area contributed by atoms with E-state index in [1.54, 1.807) is 0 Å². The first-order valence-electron chi connectivity index (χ1n) is 5.78. The monoisotopic (exact) mass is 247 g/mol. The molecule has 1 unspecified atom stereocenters. The van der Waals surface area contributed by atoms with E-state index in [0.717, 1.165) is 17.7 Å². The van der Waals surface area contributed by atoms with E-state index < -0.39 is 6.03 Å². The molecule has 3 rings (SSSR count). The van der Waals surface area contributed by atoms with Gasteiger partial charge in [-0.05, 0) is 17.7 Å². The van der Waals surface area contributed by atoms with Gasteiger partial charge in [0, 0.05) is 6.42 Å². The number of rotatable bonds is 1. The number of benzene rings is 1. The van der Waals surface area contributed by atoms with Gasteiger partial charge in [0.1, 0.15) is 11.9 Å². The lowest BCUT2D eigenvalue weighted by Crippen LogP contribution is -2.27. The molecule has 2 heterocycles. The van der Waals surface area contributed by atoms with Crippen molar-refractivity contribution in [1.29, 1.82) is 0 Å². The highest BCUT2D eigenvalue weighted by Gasteiger charge is 2.26. The number of nitrogens with zero attached hydrogens (tertiary/aromatic N) is 1. The highest BCUT2D eigenvalue weighted by atomic mass is 16.5. The zero-order chi connectivity index (χ0) is 12.5. The number of urea groups is 1. The number of carbonyl (C=O) groups excluding carboxylic acids is 1. The standard InChI is InChI=1S/C12H13N3O3/c13-11-10(14-12(16)15-11)7-2-3-8-9(6-7)18-5-1-4-17-8/h2-3,6,10H,1,4-5H2,(H3,13,14,15,16). The van der Waals surface area contributed by atoms with Crippen molar-refractivity contribution in [3.8, 4) is 11.5 Å². The van der Waals surface area contributed by atoms with Gasteiger partial charge in [-0.15, -0.1) is 0 Å². The highest BCUT2D eigenvalue weighted by molar-refractivity contribution is 6.03. The minimum Gasteiger partial charge on any atom is -0.490 e. The SMILES string of the molecule is NC1=NC(=O)NC1c1ccc2c(c1)OCCCO2. The van der Waals surface area contributed by atoms with Crippen molar-refractivity contribution in [2.24, 2.45) is 10.7 Å². The molecule has 0 saturated heterocycles. The topological polar surface area (TPSA) is 85.9 Å². The van der Waals surface area contributed by atoms with Crippen LogP contribution in [0.2, 0.25) is 0 Å². The molecule has 94 valence electrons. The molecule has 1 aromatic carbocycles. The van der Waals surface area contributed by atoms with E-state index in [1.807, 2.05) is 18.2 Å². The van der Waals surface area contributed by atoms with Gasteiger partial charge < -0.3 is 20.5 Å². The van der Waals surface area contributed by atoms with Crippen molar-refractivity contribution in [1.82, 2.24) is 5.32 Å². The van der Waals surface area contributed by atoms with Crippen LogP contribution in [0, 0.1) is 0 Å². The van der Waals surface area contributed by atoms with Crippen LogP contribution < -0.4 is 20.5 Å². The van der Waals surface area contributed by atoms with Gasteiger partial charge in [-0.1, -0.05) is 6.07 Å². The molecule has 2 amide bonds. The summed E-state index contributed by atoms with van der Waals surface area (Å²) in [5.74, 6) is 1.67. The van der Waals surface area contributed by atoms with E-state index in [9.17, 15) is 4.79 Å². The quantitative estimate of drug-likeness (QED) is 0.774. The molecule has 18 heavy (non-hydrogen) atoms. The summed E-state index contributed by atoms with van der Waals surface area (Å²) in [4.78, 5) is 14.8. The van der Waals surface area contributed by atoms with Crippen molar-refractivity contribution < 1.29 is 14.3 Å². The second kappa shape index (κ2) is 4.21. The number of ether oxygens (including phenoxy) is 2. The second-order valence-corrected chi connectivity index (χ2v) is 4.18. The number of hydrogen-bond donors (Lipinski definition) is 2. The van der Waals surface area contributed by atoms with Gasteiger partial charge in [-0.25, -0.2) is 4.79 Å². The Morgan fingerprint density at radius 3 is 2.78 bits per heavy atom. The number of nitrogens with one attached hydrogen (secondary N) is 1. The Morgan fingerprint density at radius 2 is 2.06 bits per heavy atom. The molecule has 0 bridgehead atoms. The molecule has 1 atom stereocenters. The number of amides is 2. The van der Waals surface area contributed by atoms with Gasteiger partial charge in [0.15, 0.2) is 11.5 Å². The molecule has 0 fully saturated rings. The van der Waals surface area contributed by atoms with Crippen LogP contribution >= 0.6 is 0 Å². The van der Waals surface area contributed by atoms with Gasteiger partial charge in [0.25, 0.3) is 0 Å². The van der Waals surface area contributed by atoms with Crippen LogP contribution in [-0.2, 0) is 0 Å². The smallest absolute Gasteiger partial charge is 0.343 e. The Balaban J connectivity index is 1.92. The average Bonchev–Trinajstić information content (AvgIpc) is 2.58. The summed E-state index contributed by atoms with van der Waals surface area (Å²) in [6.45, 7) is 1.27. The number of aliphatic imine (C=N–C) groups is 1. The summed E-state index contributed by atoms with van der Waals surface area (Å²) in [5, 5.41) is 2.68. The Hall–Kier alpha value is -2.24. The maximum absolute atomic E-state index is 11.1. The van der Waals surface area contributed by atoms with Crippen LogP contribution in [0.4, 0.5) is 4.79 Å². The Labute approximate surface area is 104 Å². The first kappa shape index (κ1) is 10.9. The molecule has 2 aliphatic rings. The Morgan fingerprint density at radius 1 is 1.28 bits per heavy atom. The van der Waals surface area contributed by atoms with Crippen LogP contribution in [0.5, 0.6) is 11.5 Å². The Bertz CT molecular complexity index is 527. The van der Waals surface area contributed by atoms with Crippen molar-refractivity contribution in [3.63, 3.8) is 0 Å². The molecule has 0 aromatic heterocycles. The molecule has 0 saturated carbocycles. The lowest BCUT2D eigenvalue weighted by molar-refractivity contribution is 0.250. The fourth-order valence-electron chi connectivity index (χ4n) is 2.03. The first-order chi connectivity index (χ1) is 8.74. The highest BCUT2D eigenvalue weighted by Crippen LogP contribution is 2.32. The first-order valence-corrected chi connectivity index (χ1v) is 5.78. The number of amidine groups is 1. The van der Waals surface area contributed by atoms with Gasteiger partial charge >= 0.3 is 6.03 Å². The lowest BCUT2D eigenvalue weighted by Gasteiger charge is -2.14. The van der Waals surface area contributed by atoms with Crippen LogP contribution in [0.3, 0.4) is 0 Å². The zero-order valence-corrected chi connectivity index (χ0v) is 9.68. The molecule has 2 aliphatic heterocycles. The maximum Gasteiger partial charge on any atom is 0.343 e. The molecule has 0 spiro atoms. The van der Waals surface area contributed by atoms with Crippen molar-refractivity contribution >= 4 is 11.9 Å². The molecule has 0 aliphatic carbocycles. The lowest BCUT2D eigenvalue weighted by atomic mass is 10.1. The third kappa shape index (κ3) is 1.85. The summed E-state index contributed by atoms with van der Waals surface area (Å²) in [5.41, 5.74) is 6.54. The van der Waals surface area contributed by atoms with Gasteiger partial charge in [-0.3, -0.25) is 0 Å². The molecule has 6 heteroatoms. The minimum atomic E-state index is -0.412. The third-order valence-electron chi connectivity index (χ3n) is 2.90. The summed E-state index contributed by atoms with van der Waals surface area (Å²) in [7, 11) is 0. The predicted molar refractivity (Wildman–Crippen MR) is 64.9 cm³/mol. The van der Waals surface area contributed by atoms with E-state index >= 15 is 0 Å². The van der Waals surface area contributed by atoms with E-state index in [4.69, 9.17) is 15.2 Å². The molecule has 3 N–H and O–H groups in total. The molecule has 1 aromatic rings. The van der Waals surface area contributed by atoms with E-state index in [0.29, 0.717) is 19.0 Å². The van der Waals surface area contributed by atoms with Gasteiger partial charge in [-0.2, -0.15) is 4.99 Å². The molecule has 6 nitrogen and oxygen atoms in total. The van der Waals surface area contributed by atoms with Gasteiger partial charge in [0.05, 0.1) is 13.2 Å². The van der Waals surface area contributed by atoms with Crippen LogP contribution in [0.1, 0.15) is 18.0 Å². The van der Waals surface area contributed by atoms with Gasteiger partial charge in [0.2, 0.25) is 0 Å². The van der Waals surface area contributed by atoms with Crippen molar-refractivity contribution in [3.05, 3.63) is 23.8 Å². The van der Waals surface area contributed by atoms with Crippen LogP contribution in [-0.4, -0.2) is 25.1 Å². The van der Waals surface area contributed by atoms with Crippen LogP contribution in [0.25, 0.3) is 0 Å². The largest absolute Gasteiger partial charge is 0.490 e. The maximum atomic E-state index is 11.1. The molecular weight excluding hydrogens is 234 g/mol. The van der Waals surface area contributed by atoms with Crippen molar-refractivity contribution in [2.75, 3.05) is 13.2 Å². The van der Waals surface area contributed by atoms with Crippen molar-refractivity contribution in [2.45, 2.75) is 12.5 Å². The predicted octanol–water partition coefficient (Wildman–Crippen LogP) is 0.969. The molecular formula is C12H13N3O3. The van der Waals surface area contributed by atoms with E-state index in [1.165, 1.54) is 0 Å².